The lowest BCUT2D eigenvalue weighted by Crippen LogP contribution is -2.52. The Bertz CT molecular complexity index is 215. The Morgan fingerprint density at radius 3 is 2.12 bits per heavy atom. The number of rotatable bonds is 5. The highest BCUT2D eigenvalue weighted by molar-refractivity contribution is 4.88. The Morgan fingerprint density at radius 1 is 1.00 bits per heavy atom. The van der Waals surface area contributed by atoms with Gasteiger partial charge in [-0.25, -0.2) is 0 Å². The molecule has 0 bridgehead atoms. The van der Waals surface area contributed by atoms with Crippen molar-refractivity contribution in [1.29, 1.82) is 0 Å². The first-order chi connectivity index (χ1) is 7.59. The number of nitrogens with zero attached hydrogens (tertiary/aromatic N) is 2. The first-order valence-electron chi connectivity index (χ1n) is 7.09. The van der Waals surface area contributed by atoms with Gasteiger partial charge < -0.3 is 4.90 Å². The van der Waals surface area contributed by atoms with Crippen LogP contribution in [0.5, 0.6) is 0 Å². The predicted molar refractivity (Wildman–Crippen MR) is 69.8 cm³/mol. The lowest BCUT2D eigenvalue weighted by molar-refractivity contribution is 0.0421. The van der Waals surface area contributed by atoms with E-state index in [4.69, 9.17) is 0 Å². The molecule has 2 fully saturated rings. The van der Waals surface area contributed by atoms with Gasteiger partial charge in [-0.15, -0.1) is 0 Å². The quantitative estimate of drug-likeness (QED) is 0.708. The molecule has 2 heterocycles. The van der Waals surface area contributed by atoms with Crippen LogP contribution in [0, 0.1) is 0 Å². The molecule has 0 N–H and O–H groups in total. The lowest BCUT2D eigenvalue weighted by atomic mass is 9.91. The van der Waals surface area contributed by atoms with Gasteiger partial charge in [0.2, 0.25) is 0 Å². The van der Waals surface area contributed by atoms with Crippen LogP contribution in [0.25, 0.3) is 0 Å². The van der Waals surface area contributed by atoms with E-state index in [2.05, 4.69) is 30.6 Å². The Labute approximate surface area is 101 Å². The van der Waals surface area contributed by atoms with Crippen molar-refractivity contribution in [3.63, 3.8) is 0 Å². The molecule has 2 saturated heterocycles. The zero-order valence-electron chi connectivity index (χ0n) is 11.3. The van der Waals surface area contributed by atoms with Crippen LogP contribution in [0.4, 0.5) is 0 Å². The second-order valence-electron chi connectivity index (χ2n) is 6.28. The first kappa shape index (κ1) is 12.4. The Balaban J connectivity index is 1.72. The molecule has 0 saturated carbocycles. The minimum Gasteiger partial charge on any atom is -0.301 e. The molecule has 0 radical (unpaired) electrons. The van der Waals surface area contributed by atoms with Crippen LogP contribution in [0.3, 0.4) is 0 Å². The molecule has 0 aromatic rings. The van der Waals surface area contributed by atoms with E-state index < -0.39 is 0 Å². The van der Waals surface area contributed by atoms with Crippen LogP contribution in [0.2, 0.25) is 0 Å². The molecule has 0 aromatic carbocycles. The summed E-state index contributed by atoms with van der Waals surface area (Å²) in [7, 11) is 0. The average Bonchev–Trinajstić information content (AvgIpc) is 2.63. The van der Waals surface area contributed by atoms with Gasteiger partial charge in [0, 0.05) is 11.6 Å². The highest BCUT2D eigenvalue weighted by Gasteiger charge is 2.31. The van der Waals surface area contributed by atoms with Gasteiger partial charge in [0.1, 0.15) is 0 Å². The number of likely N-dealkylation sites (tertiary alicyclic amines) is 2. The van der Waals surface area contributed by atoms with Crippen molar-refractivity contribution in [2.45, 2.75) is 64.5 Å². The van der Waals surface area contributed by atoms with E-state index in [1.54, 1.807) is 0 Å². The van der Waals surface area contributed by atoms with Crippen molar-refractivity contribution >= 4 is 0 Å². The molecule has 16 heavy (non-hydrogen) atoms. The van der Waals surface area contributed by atoms with Gasteiger partial charge in [-0.2, -0.15) is 0 Å². The van der Waals surface area contributed by atoms with Gasteiger partial charge in [0.25, 0.3) is 0 Å². The molecule has 2 heteroatoms. The van der Waals surface area contributed by atoms with Crippen LogP contribution >= 0.6 is 0 Å². The molecule has 1 atom stereocenters. The van der Waals surface area contributed by atoms with Gasteiger partial charge >= 0.3 is 0 Å². The summed E-state index contributed by atoms with van der Waals surface area (Å²) in [5, 5.41) is 0. The standard InChI is InChI=1S/C14H28N2/c1-13(15-9-4-5-10-15)7-8-14(2,3)16-11-6-12-16/h13H,4-12H2,1-3H3. The van der Waals surface area contributed by atoms with Crippen LogP contribution in [0.15, 0.2) is 0 Å². The van der Waals surface area contributed by atoms with E-state index in [9.17, 15) is 0 Å². The monoisotopic (exact) mass is 224 g/mol. The maximum Gasteiger partial charge on any atom is 0.0153 e. The van der Waals surface area contributed by atoms with Crippen molar-refractivity contribution in [1.82, 2.24) is 9.80 Å². The Morgan fingerprint density at radius 2 is 1.62 bits per heavy atom. The second kappa shape index (κ2) is 5.05. The molecule has 2 rings (SSSR count). The van der Waals surface area contributed by atoms with Crippen LogP contribution in [0.1, 0.15) is 52.9 Å². The summed E-state index contributed by atoms with van der Waals surface area (Å²) < 4.78 is 0. The van der Waals surface area contributed by atoms with E-state index in [0.29, 0.717) is 5.54 Å². The van der Waals surface area contributed by atoms with Gasteiger partial charge in [0.05, 0.1) is 0 Å². The number of hydrogen-bond donors (Lipinski definition) is 0. The zero-order valence-corrected chi connectivity index (χ0v) is 11.3. The minimum atomic E-state index is 0.437. The van der Waals surface area contributed by atoms with Crippen molar-refractivity contribution < 1.29 is 0 Å². The smallest absolute Gasteiger partial charge is 0.0153 e. The Hall–Kier alpha value is -0.0800. The van der Waals surface area contributed by atoms with Crippen molar-refractivity contribution in [2.75, 3.05) is 26.2 Å². The summed E-state index contributed by atoms with van der Waals surface area (Å²) in [4.78, 5) is 5.32. The topological polar surface area (TPSA) is 6.48 Å². The maximum atomic E-state index is 2.67. The summed E-state index contributed by atoms with van der Waals surface area (Å²) in [6, 6.07) is 0.794. The molecule has 1 unspecified atom stereocenters. The maximum absolute atomic E-state index is 2.67. The summed E-state index contributed by atoms with van der Waals surface area (Å²) in [5.41, 5.74) is 0.437. The molecule has 94 valence electrons. The summed E-state index contributed by atoms with van der Waals surface area (Å²) >= 11 is 0. The third-order valence-electron chi connectivity index (χ3n) is 4.65. The third kappa shape index (κ3) is 2.78. The SMILES string of the molecule is CC(CCC(C)(C)N1CCC1)N1CCCC1. The molecule has 2 aliphatic heterocycles. The predicted octanol–water partition coefficient (Wildman–Crippen LogP) is 2.74. The van der Waals surface area contributed by atoms with Crippen molar-refractivity contribution in [3.8, 4) is 0 Å². The Kier molecular flexibility index (Phi) is 3.91. The fourth-order valence-electron chi connectivity index (χ4n) is 3.01. The molecule has 0 amide bonds. The largest absolute Gasteiger partial charge is 0.301 e. The van der Waals surface area contributed by atoms with Gasteiger partial charge in [-0.1, -0.05) is 0 Å². The fourth-order valence-corrected chi connectivity index (χ4v) is 3.01. The van der Waals surface area contributed by atoms with Gasteiger partial charge in [0.15, 0.2) is 0 Å². The molecule has 0 aromatic heterocycles. The molecule has 2 aliphatic rings. The zero-order chi connectivity index (χ0) is 11.6. The second-order valence-corrected chi connectivity index (χ2v) is 6.28. The molecular formula is C14H28N2. The van der Waals surface area contributed by atoms with E-state index in [1.165, 1.54) is 58.3 Å². The van der Waals surface area contributed by atoms with Crippen LogP contribution in [-0.2, 0) is 0 Å². The highest BCUT2D eigenvalue weighted by Crippen LogP contribution is 2.27. The van der Waals surface area contributed by atoms with E-state index in [-0.39, 0.29) is 0 Å². The average molecular weight is 224 g/mol. The highest BCUT2D eigenvalue weighted by atomic mass is 15.2. The fraction of sp³-hybridized carbons (Fsp3) is 1.00. The van der Waals surface area contributed by atoms with Gasteiger partial charge in [-0.05, 0) is 79.1 Å². The van der Waals surface area contributed by atoms with Crippen molar-refractivity contribution in [3.05, 3.63) is 0 Å². The first-order valence-corrected chi connectivity index (χ1v) is 7.09. The number of hydrogen-bond acceptors (Lipinski definition) is 2. The normalized spacial score (nSPS) is 25.7. The summed E-state index contributed by atoms with van der Waals surface area (Å²) in [6.45, 7) is 12.6. The van der Waals surface area contributed by atoms with Crippen molar-refractivity contribution in [2.24, 2.45) is 0 Å². The molecular weight excluding hydrogens is 196 g/mol. The minimum absolute atomic E-state index is 0.437. The van der Waals surface area contributed by atoms with Crippen LogP contribution in [-0.4, -0.2) is 47.6 Å². The molecule has 0 spiro atoms. The lowest BCUT2D eigenvalue weighted by Gasteiger charge is -2.45. The third-order valence-corrected chi connectivity index (χ3v) is 4.65. The molecule has 2 nitrogen and oxygen atoms in total. The summed E-state index contributed by atoms with van der Waals surface area (Å²) in [5.74, 6) is 0. The van der Waals surface area contributed by atoms with Crippen LogP contribution < -0.4 is 0 Å². The van der Waals surface area contributed by atoms with E-state index in [1.807, 2.05) is 0 Å². The van der Waals surface area contributed by atoms with E-state index in [0.717, 1.165) is 6.04 Å². The van der Waals surface area contributed by atoms with Gasteiger partial charge in [-0.3, -0.25) is 4.90 Å². The molecule has 0 aliphatic carbocycles. The van der Waals surface area contributed by atoms with E-state index >= 15 is 0 Å². The summed E-state index contributed by atoms with van der Waals surface area (Å²) in [6.07, 6.45) is 6.96.